The molecule has 1 fully saturated rings. The number of rotatable bonds is 1. The Morgan fingerprint density at radius 2 is 2.40 bits per heavy atom. The van der Waals surface area contributed by atoms with Gasteiger partial charge in [-0.25, -0.2) is 0 Å². The quantitative estimate of drug-likeness (QED) is 0.393. The van der Waals surface area contributed by atoms with E-state index in [2.05, 4.69) is 0 Å². The van der Waals surface area contributed by atoms with Crippen LogP contribution < -0.4 is 0 Å². The number of hydrogen-bond acceptors (Lipinski definition) is 3. The Labute approximate surface area is 59.4 Å². The van der Waals surface area contributed by atoms with Gasteiger partial charge in [0.1, 0.15) is 6.29 Å². The van der Waals surface area contributed by atoms with Gasteiger partial charge in [-0.3, -0.25) is 4.79 Å². The Balaban J connectivity index is 2.59. The van der Waals surface area contributed by atoms with Crippen LogP contribution in [0.15, 0.2) is 0 Å². The van der Waals surface area contributed by atoms with Crippen LogP contribution in [0.4, 0.5) is 0 Å². The van der Waals surface area contributed by atoms with Gasteiger partial charge in [-0.15, -0.1) is 0 Å². The van der Waals surface area contributed by atoms with Crippen molar-refractivity contribution in [3.63, 3.8) is 0 Å². The second-order valence-corrected chi connectivity index (χ2v) is 2.54. The summed E-state index contributed by atoms with van der Waals surface area (Å²) >= 11 is 0. The molecule has 0 aromatic carbocycles. The fraction of sp³-hybridized carbons (Fsp3) is 0.714. The first-order valence-electron chi connectivity index (χ1n) is 3.37. The number of esters is 1. The molecule has 2 atom stereocenters. The molecule has 0 bridgehead atoms. The third-order valence-electron chi connectivity index (χ3n) is 1.88. The van der Waals surface area contributed by atoms with Crippen LogP contribution in [0.3, 0.4) is 0 Å². The minimum absolute atomic E-state index is 0.124. The lowest BCUT2D eigenvalue weighted by Gasteiger charge is -2.22. The van der Waals surface area contributed by atoms with Crippen LogP contribution in [-0.2, 0) is 14.3 Å². The average molecular weight is 142 g/mol. The normalized spacial score (nSPS) is 33.1. The van der Waals surface area contributed by atoms with Crippen molar-refractivity contribution < 1.29 is 14.3 Å². The molecule has 1 aliphatic heterocycles. The van der Waals surface area contributed by atoms with E-state index in [0.717, 1.165) is 6.29 Å². The average Bonchev–Trinajstić information content (AvgIpc) is 1.95. The maximum atomic E-state index is 10.8. The van der Waals surface area contributed by atoms with E-state index in [4.69, 9.17) is 4.74 Å². The standard InChI is InChI=1S/C7H10O3/c1-5-6(4-8)2-3-10-7(5)9/h4-6H,2-3H2,1H3/t5-,6-/m0/s1. The third kappa shape index (κ3) is 1.17. The summed E-state index contributed by atoms with van der Waals surface area (Å²) in [4.78, 5) is 21.1. The summed E-state index contributed by atoms with van der Waals surface area (Å²) in [5, 5.41) is 0. The van der Waals surface area contributed by atoms with Gasteiger partial charge in [0.15, 0.2) is 0 Å². The molecule has 1 saturated heterocycles. The number of carbonyl (C=O) groups is 2. The minimum atomic E-state index is -0.247. The monoisotopic (exact) mass is 142 g/mol. The van der Waals surface area contributed by atoms with Gasteiger partial charge in [0.25, 0.3) is 0 Å². The van der Waals surface area contributed by atoms with E-state index >= 15 is 0 Å². The highest BCUT2D eigenvalue weighted by molar-refractivity contribution is 5.77. The Kier molecular flexibility index (Phi) is 2.04. The third-order valence-corrected chi connectivity index (χ3v) is 1.88. The van der Waals surface area contributed by atoms with Gasteiger partial charge in [-0.05, 0) is 6.42 Å². The summed E-state index contributed by atoms with van der Waals surface area (Å²) in [5.41, 5.74) is 0. The minimum Gasteiger partial charge on any atom is -0.465 e. The van der Waals surface area contributed by atoms with E-state index in [0.29, 0.717) is 13.0 Å². The van der Waals surface area contributed by atoms with Gasteiger partial charge in [0.2, 0.25) is 0 Å². The topological polar surface area (TPSA) is 43.4 Å². The van der Waals surface area contributed by atoms with Crippen LogP contribution >= 0.6 is 0 Å². The fourth-order valence-electron chi connectivity index (χ4n) is 1.04. The van der Waals surface area contributed by atoms with Crippen LogP contribution in [0.2, 0.25) is 0 Å². The van der Waals surface area contributed by atoms with E-state index in [1.165, 1.54) is 0 Å². The SMILES string of the molecule is C[C@@H]1C(=O)OCC[C@H]1C=O. The molecule has 0 amide bonds. The van der Waals surface area contributed by atoms with Crippen molar-refractivity contribution in [1.82, 2.24) is 0 Å². The summed E-state index contributed by atoms with van der Waals surface area (Å²) in [6.45, 7) is 2.12. The highest BCUT2D eigenvalue weighted by Crippen LogP contribution is 2.19. The van der Waals surface area contributed by atoms with Gasteiger partial charge >= 0.3 is 5.97 Å². The summed E-state index contributed by atoms with van der Waals surface area (Å²) in [6.07, 6.45) is 1.52. The molecule has 3 nitrogen and oxygen atoms in total. The molecular weight excluding hydrogens is 132 g/mol. The van der Waals surface area contributed by atoms with Gasteiger partial charge in [-0.2, -0.15) is 0 Å². The van der Waals surface area contributed by atoms with E-state index in [1.807, 2.05) is 0 Å². The van der Waals surface area contributed by atoms with Gasteiger partial charge < -0.3 is 9.53 Å². The Morgan fingerprint density at radius 1 is 1.70 bits per heavy atom. The van der Waals surface area contributed by atoms with Crippen LogP contribution in [0.5, 0.6) is 0 Å². The molecule has 0 saturated carbocycles. The summed E-state index contributed by atoms with van der Waals surface area (Å²) in [6, 6.07) is 0. The first kappa shape index (κ1) is 7.25. The van der Waals surface area contributed by atoms with Gasteiger partial charge in [0.05, 0.1) is 12.5 Å². The zero-order chi connectivity index (χ0) is 7.56. The molecule has 0 aromatic rings. The Bertz CT molecular complexity index is 153. The van der Waals surface area contributed by atoms with Crippen molar-refractivity contribution in [2.45, 2.75) is 13.3 Å². The number of carbonyl (C=O) groups excluding carboxylic acids is 2. The van der Waals surface area contributed by atoms with Crippen LogP contribution in [0, 0.1) is 11.8 Å². The Morgan fingerprint density at radius 3 is 2.90 bits per heavy atom. The van der Waals surface area contributed by atoms with Crippen LogP contribution in [-0.4, -0.2) is 18.9 Å². The van der Waals surface area contributed by atoms with E-state index < -0.39 is 0 Å². The first-order chi connectivity index (χ1) is 4.75. The maximum absolute atomic E-state index is 10.8. The second-order valence-electron chi connectivity index (χ2n) is 2.54. The molecule has 0 aliphatic carbocycles. The molecule has 0 radical (unpaired) electrons. The predicted molar refractivity (Wildman–Crippen MR) is 34.3 cm³/mol. The van der Waals surface area contributed by atoms with Crippen molar-refractivity contribution >= 4 is 12.3 Å². The van der Waals surface area contributed by atoms with Crippen molar-refractivity contribution in [3.05, 3.63) is 0 Å². The molecule has 1 rings (SSSR count). The molecule has 0 spiro atoms. The smallest absolute Gasteiger partial charge is 0.309 e. The molecule has 1 heterocycles. The lowest BCUT2D eigenvalue weighted by Crippen LogP contribution is -2.31. The predicted octanol–water partition coefficient (Wildman–Crippen LogP) is 0.385. The Hall–Kier alpha value is -0.860. The van der Waals surface area contributed by atoms with Gasteiger partial charge in [0, 0.05) is 5.92 Å². The zero-order valence-corrected chi connectivity index (χ0v) is 5.87. The number of aldehydes is 1. The molecule has 0 N–H and O–H groups in total. The van der Waals surface area contributed by atoms with E-state index in [1.54, 1.807) is 6.92 Å². The molecule has 3 heteroatoms. The van der Waals surface area contributed by atoms with Crippen LogP contribution in [0.1, 0.15) is 13.3 Å². The maximum Gasteiger partial charge on any atom is 0.309 e. The highest BCUT2D eigenvalue weighted by Gasteiger charge is 2.28. The van der Waals surface area contributed by atoms with Crippen molar-refractivity contribution in [1.29, 1.82) is 0 Å². The van der Waals surface area contributed by atoms with Crippen LogP contribution in [0.25, 0.3) is 0 Å². The molecule has 1 aliphatic rings. The number of cyclic esters (lactones) is 1. The lowest BCUT2D eigenvalue weighted by atomic mass is 9.91. The zero-order valence-electron chi connectivity index (χ0n) is 5.87. The number of ether oxygens (including phenoxy) is 1. The molecular formula is C7H10O3. The number of hydrogen-bond donors (Lipinski definition) is 0. The lowest BCUT2D eigenvalue weighted by molar-refractivity contribution is -0.156. The summed E-state index contributed by atoms with van der Waals surface area (Å²) < 4.78 is 4.72. The molecule has 0 aromatic heterocycles. The second kappa shape index (κ2) is 2.82. The van der Waals surface area contributed by atoms with Crippen molar-refractivity contribution in [2.24, 2.45) is 11.8 Å². The van der Waals surface area contributed by atoms with Gasteiger partial charge in [-0.1, -0.05) is 6.92 Å². The summed E-state index contributed by atoms with van der Waals surface area (Å²) in [7, 11) is 0. The fourth-order valence-corrected chi connectivity index (χ4v) is 1.04. The first-order valence-corrected chi connectivity index (χ1v) is 3.37. The van der Waals surface area contributed by atoms with E-state index in [-0.39, 0.29) is 17.8 Å². The highest BCUT2D eigenvalue weighted by atomic mass is 16.5. The van der Waals surface area contributed by atoms with E-state index in [9.17, 15) is 9.59 Å². The van der Waals surface area contributed by atoms with Crippen molar-refractivity contribution in [3.8, 4) is 0 Å². The van der Waals surface area contributed by atoms with Crippen molar-refractivity contribution in [2.75, 3.05) is 6.61 Å². The largest absolute Gasteiger partial charge is 0.465 e. The molecule has 10 heavy (non-hydrogen) atoms. The summed E-state index contributed by atoms with van der Waals surface area (Å²) in [5.74, 6) is -0.615. The molecule has 56 valence electrons. The molecule has 0 unspecified atom stereocenters.